The van der Waals surface area contributed by atoms with E-state index in [1.165, 1.54) is 0 Å². The van der Waals surface area contributed by atoms with Gasteiger partial charge in [0.1, 0.15) is 0 Å². The van der Waals surface area contributed by atoms with Gasteiger partial charge in [-0.15, -0.1) is 0 Å². The first-order valence-corrected chi connectivity index (χ1v) is 8.53. The summed E-state index contributed by atoms with van der Waals surface area (Å²) < 4.78 is 2.90. The molecule has 2 N–H and O–H groups in total. The molecular weight excluding hydrogens is 382 g/mol. The molecular formula is C18H12BrN5O. The number of nitrogens with one attached hydrogen (secondary N) is 2. The number of halogens is 1. The number of H-pyrrole nitrogens is 2. The third kappa shape index (κ3) is 1.99. The minimum Gasteiger partial charge on any atom is -0.350 e. The van der Waals surface area contributed by atoms with E-state index in [1.54, 1.807) is 6.20 Å². The number of hydrogen-bond acceptors (Lipinski definition) is 3. The normalized spacial score (nSPS) is 12.8. The molecule has 0 atom stereocenters. The lowest BCUT2D eigenvalue weighted by Gasteiger charge is -2.02. The minimum absolute atomic E-state index is 0.140. The van der Waals surface area contributed by atoms with Crippen LogP contribution in [0.1, 0.15) is 5.69 Å². The van der Waals surface area contributed by atoms with Gasteiger partial charge >= 0.3 is 0 Å². The summed E-state index contributed by atoms with van der Waals surface area (Å²) >= 11 is 3.53. The molecule has 0 aliphatic rings. The molecule has 7 heteroatoms. The molecule has 0 spiro atoms. The van der Waals surface area contributed by atoms with Crippen LogP contribution in [0.4, 0.5) is 0 Å². The van der Waals surface area contributed by atoms with Gasteiger partial charge in [0.2, 0.25) is 0 Å². The average molecular weight is 394 g/mol. The van der Waals surface area contributed by atoms with Crippen molar-refractivity contribution in [1.29, 1.82) is 0 Å². The fourth-order valence-electron chi connectivity index (χ4n) is 3.36. The van der Waals surface area contributed by atoms with Crippen molar-refractivity contribution in [2.24, 2.45) is 7.05 Å². The largest absolute Gasteiger partial charge is 0.350 e. The molecule has 122 valence electrons. The van der Waals surface area contributed by atoms with Gasteiger partial charge < -0.3 is 9.55 Å². The van der Waals surface area contributed by atoms with E-state index in [9.17, 15) is 4.79 Å². The zero-order chi connectivity index (χ0) is 17.1. The van der Waals surface area contributed by atoms with Crippen molar-refractivity contribution >= 4 is 54.8 Å². The van der Waals surface area contributed by atoms with Crippen molar-refractivity contribution < 1.29 is 0 Å². The number of benzene rings is 1. The molecule has 0 aliphatic carbocycles. The highest BCUT2D eigenvalue weighted by Gasteiger charge is 2.13. The lowest BCUT2D eigenvalue weighted by Crippen LogP contribution is -2.27. The molecule has 0 radical (unpaired) electrons. The predicted molar refractivity (Wildman–Crippen MR) is 101 cm³/mol. The molecule has 0 fully saturated rings. The third-order valence-electron chi connectivity index (χ3n) is 4.53. The van der Waals surface area contributed by atoms with Gasteiger partial charge in [0.15, 0.2) is 5.65 Å². The number of pyridine rings is 2. The van der Waals surface area contributed by atoms with E-state index in [1.807, 2.05) is 48.2 Å². The first-order chi connectivity index (χ1) is 12.1. The zero-order valence-corrected chi connectivity index (χ0v) is 14.8. The Balaban J connectivity index is 1.96. The van der Waals surface area contributed by atoms with Crippen LogP contribution >= 0.6 is 15.9 Å². The van der Waals surface area contributed by atoms with Gasteiger partial charge in [-0.1, -0.05) is 0 Å². The Kier molecular flexibility index (Phi) is 2.90. The van der Waals surface area contributed by atoms with Crippen LogP contribution in [-0.4, -0.2) is 24.7 Å². The number of fused-ring (bicyclic) bond motifs is 1. The molecule has 0 amide bonds. The third-order valence-corrected chi connectivity index (χ3v) is 5.19. The summed E-state index contributed by atoms with van der Waals surface area (Å²) in [6.07, 6.45) is 5.52. The van der Waals surface area contributed by atoms with Gasteiger partial charge in [-0.3, -0.25) is 9.89 Å². The second-order valence-corrected chi connectivity index (χ2v) is 6.85. The van der Waals surface area contributed by atoms with Crippen LogP contribution in [0.3, 0.4) is 0 Å². The van der Waals surface area contributed by atoms with Gasteiger partial charge in [-0.25, -0.2) is 4.98 Å². The van der Waals surface area contributed by atoms with Gasteiger partial charge in [-0.2, -0.15) is 5.10 Å². The molecule has 0 aliphatic heterocycles. The summed E-state index contributed by atoms with van der Waals surface area (Å²) in [6, 6.07) is 7.78. The topological polar surface area (TPSA) is 79.4 Å². The Bertz CT molecular complexity index is 1390. The van der Waals surface area contributed by atoms with Crippen LogP contribution in [0.5, 0.6) is 0 Å². The van der Waals surface area contributed by atoms with E-state index in [-0.39, 0.29) is 5.56 Å². The smallest absolute Gasteiger partial charge is 0.256 e. The summed E-state index contributed by atoms with van der Waals surface area (Å²) in [7, 11) is 1.98. The molecule has 0 unspecified atom stereocenters. The number of aromatic nitrogens is 5. The number of hydrogen-bond donors (Lipinski definition) is 2. The van der Waals surface area contributed by atoms with E-state index in [4.69, 9.17) is 0 Å². The lowest BCUT2D eigenvalue weighted by atomic mass is 10.1. The molecule has 6 nitrogen and oxygen atoms in total. The second-order valence-electron chi connectivity index (χ2n) is 5.99. The highest BCUT2D eigenvalue weighted by Crippen LogP contribution is 2.29. The van der Waals surface area contributed by atoms with Crippen molar-refractivity contribution in [3.05, 3.63) is 62.4 Å². The summed E-state index contributed by atoms with van der Waals surface area (Å²) in [5.74, 6) is 0. The first-order valence-electron chi connectivity index (χ1n) is 7.73. The highest BCUT2D eigenvalue weighted by molar-refractivity contribution is 9.10. The van der Waals surface area contributed by atoms with Crippen LogP contribution in [0.2, 0.25) is 0 Å². The molecule has 4 aromatic heterocycles. The standard InChI is InChI=1S/C18H12BrN5O/c1-24-8-11-10(7-13-9-3-2-6-20-17(9)23-22-13)18(25)21-16-12(19)4-5-14(24)15(11)16/h2-8H,1H3,(H,21,25)(H,20,22,23)/b10-7+. The first kappa shape index (κ1) is 14.4. The van der Waals surface area contributed by atoms with Gasteiger partial charge in [-0.05, 0) is 46.3 Å². The van der Waals surface area contributed by atoms with E-state index < -0.39 is 0 Å². The fourth-order valence-corrected chi connectivity index (χ4v) is 3.79. The molecule has 1 aromatic carbocycles. The van der Waals surface area contributed by atoms with Crippen LogP contribution in [0.15, 0.2) is 45.9 Å². The molecule has 0 saturated carbocycles. The minimum atomic E-state index is -0.140. The average Bonchev–Trinajstić information content (AvgIpc) is 3.16. The maximum atomic E-state index is 12.8. The van der Waals surface area contributed by atoms with E-state index >= 15 is 0 Å². The Morgan fingerprint density at radius 1 is 1.24 bits per heavy atom. The number of aromatic amines is 2. The van der Waals surface area contributed by atoms with E-state index in [0.29, 0.717) is 10.9 Å². The van der Waals surface area contributed by atoms with Crippen molar-refractivity contribution in [2.45, 2.75) is 0 Å². The fraction of sp³-hybridized carbons (Fsp3) is 0.0556. The number of aryl methyl sites for hydroxylation is 1. The SMILES string of the molecule is Cn1cc2/c(=C\c3[nH]nc4ncccc34)c(=O)[nH]c3c(Br)ccc1c32. The molecule has 25 heavy (non-hydrogen) atoms. The summed E-state index contributed by atoms with van der Waals surface area (Å²) in [4.78, 5) is 20.0. The monoisotopic (exact) mass is 393 g/mol. The maximum absolute atomic E-state index is 12.8. The molecule has 5 rings (SSSR count). The summed E-state index contributed by atoms with van der Waals surface area (Å²) in [5.41, 5.74) is 3.13. The van der Waals surface area contributed by atoms with Gasteiger partial charge in [0, 0.05) is 40.1 Å². The number of rotatable bonds is 1. The predicted octanol–water partition coefficient (Wildman–Crippen LogP) is 2.60. The van der Waals surface area contributed by atoms with Crippen molar-refractivity contribution in [1.82, 2.24) is 24.7 Å². The zero-order valence-electron chi connectivity index (χ0n) is 13.2. The van der Waals surface area contributed by atoms with Gasteiger partial charge in [0.25, 0.3) is 5.56 Å². The van der Waals surface area contributed by atoms with Crippen LogP contribution < -0.4 is 10.8 Å². The highest BCUT2D eigenvalue weighted by atomic mass is 79.9. The van der Waals surface area contributed by atoms with E-state index in [2.05, 4.69) is 36.1 Å². The quantitative estimate of drug-likeness (QED) is 0.459. The van der Waals surface area contributed by atoms with Gasteiger partial charge in [0.05, 0.1) is 21.9 Å². The summed E-state index contributed by atoms with van der Waals surface area (Å²) in [5, 5.41) is 10.6. The van der Waals surface area contributed by atoms with Crippen LogP contribution in [-0.2, 0) is 7.05 Å². The van der Waals surface area contributed by atoms with Crippen LogP contribution in [0.25, 0.3) is 38.9 Å². The molecule has 5 aromatic rings. The van der Waals surface area contributed by atoms with Crippen molar-refractivity contribution in [3.8, 4) is 0 Å². The Morgan fingerprint density at radius 3 is 3.00 bits per heavy atom. The Hall–Kier alpha value is -2.93. The molecule has 0 bridgehead atoms. The van der Waals surface area contributed by atoms with Crippen LogP contribution in [0, 0.1) is 0 Å². The van der Waals surface area contributed by atoms with Crippen molar-refractivity contribution in [2.75, 3.05) is 0 Å². The Morgan fingerprint density at radius 2 is 2.12 bits per heavy atom. The van der Waals surface area contributed by atoms with Crippen molar-refractivity contribution in [3.63, 3.8) is 0 Å². The van der Waals surface area contributed by atoms with E-state index in [0.717, 1.165) is 37.4 Å². The second kappa shape index (κ2) is 5.03. The summed E-state index contributed by atoms with van der Waals surface area (Å²) in [6.45, 7) is 0. The Labute approximate surface area is 149 Å². The maximum Gasteiger partial charge on any atom is 0.256 e. The number of nitrogens with zero attached hydrogens (tertiary/aromatic N) is 3. The lowest BCUT2D eigenvalue weighted by molar-refractivity contribution is 0.973. The molecule has 4 heterocycles. The molecule has 0 saturated heterocycles.